The number of nitrogens with zero attached hydrogens (tertiary/aromatic N) is 1. The fourth-order valence-corrected chi connectivity index (χ4v) is 2.76. The zero-order valence-electron chi connectivity index (χ0n) is 12.7. The summed E-state index contributed by atoms with van der Waals surface area (Å²) in [5.41, 5.74) is 1.63. The Bertz CT molecular complexity index is 499. The van der Waals surface area contributed by atoms with Gasteiger partial charge in [0, 0.05) is 18.7 Å². The molecule has 1 atom stereocenters. The fourth-order valence-electron chi connectivity index (χ4n) is 2.76. The van der Waals surface area contributed by atoms with Crippen LogP contribution in [-0.4, -0.2) is 38.1 Å². The number of piperidine rings is 1. The Morgan fingerprint density at radius 2 is 1.90 bits per heavy atom. The summed E-state index contributed by atoms with van der Waals surface area (Å²) in [4.78, 5) is 14.6. The molecule has 1 unspecified atom stereocenters. The predicted octanol–water partition coefficient (Wildman–Crippen LogP) is 2.88. The van der Waals surface area contributed by atoms with Crippen molar-refractivity contribution in [3.05, 3.63) is 23.3 Å². The molecule has 2 rings (SSSR count). The van der Waals surface area contributed by atoms with E-state index in [1.165, 1.54) is 6.42 Å². The number of likely N-dealkylation sites (tertiary alicyclic amines) is 1. The number of hydrogen-bond acceptors (Lipinski definition) is 3. The van der Waals surface area contributed by atoms with E-state index in [0.29, 0.717) is 23.0 Å². The summed E-state index contributed by atoms with van der Waals surface area (Å²) >= 11 is 0. The summed E-state index contributed by atoms with van der Waals surface area (Å²) in [5.74, 6) is 1.93. The zero-order chi connectivity index (χ0) is 14.7. The van der Waals surface area contributed by atoms with Crippen molar-refractivity contribution >= 4 is 5.91 Å². The van der Waals surface area contributed by atoms with Gasteiger partial charge in [0.05, 0.1) is 14.2 Å². The highest BCUT2D eigenvalue weighted by atomic mass is 16.5. The Kier molecular flexibility index (Phi) is 4.53. The Labute approximate surface area is 120 Å². The van der Waals surface area contributed by atoms with E-state index in [-0.39, 0.29) is 5.91 Å². The molecule has 4 nitrogen and oxygen atoms in total. The van der Waals surface area contributed by atoms with Gasteiger partial charge in [-0.3, -0.25) is 4.79 Å². The number of carbonyl (C=O) groups excluding carboxylic acids is 1. The molecule has 4 heteroatoms. The van der Waals surface area contributed by atoms with Crippen LogP contribution in [-0.2, 0) is 0 Å². The molecular formula is C16H23NO3. The van der Waals surface area contributed by atoms with Crippen LogP contribution >= 0.6 is 0 Å². The molecular weight excluding hydrogens is 254 g/mol. The van der Waals surface area contributed by atoms with Crippen molar-refractivity contribution in [2.45, 2.75) is 26.7 Å². The normalized spacial score (nSPS) is 18.8. The van der Waals surface area contributed by atoms with Gasteiger partial charge in [0.2, 0.25) is 0 Å². The van der Waals surface area contributed by atoms with E-state index in [1.54, 1.807) is 20.3 Å². The van der Waals surface area contributed by atoms with Crippen LogP contribution in [0.25, 0.3) is 0 Å². The van der Waals surface area contributed by atoms with Gasteiger partial charge in [0.1, 0.15) is 0 Å². The van der Waals surface area contributed by atoms with Gasteiger partial charge in [0.15, 0.2) is 11.5 Å². The molecule has 0 N–H and O–H groups in total. The molecule has 0 aromatic heterocycles. The van der Waals surface area contributed by atoms with Crippen LogP contribution in [0.4, 0.5) is 0 Å². The van der Waals surface area contributed by atoms with Crippen LogP contribution in [0.15, 0.2) is 12.1 Å². The molecule has 1 aliphatic rings. The second-order valence-corrected chi connectivity index (χ2v) is 5.52. The quantitative estimate of drug-likeness (QED) is 0.852. The minimum absolute atomic E-state index is 0.0926. The largest absolute Gasteiger partial charge is 0.493 e. The minimum atomic E-state index is 0.0926. The third-order valence-corrected chi connectivity index (χ3v) is 3.91. The van der Waals surface area contributed by atoms with Crippen molar-refractivity contribution in [3.63, 3.8) is 0 Å². The maximum absolute atomic E-state index is 12.7. The Morgan fingerprint density at radius 1 is 1.25 bits per heavy atom. The first-order valence-corrected chi connectivity index (χ1v) is 7.08. The van der Waals surface area contributed by atoms with Crippen LogP contribution in [0.1, 0.15) is 35.7 Å². The number of hydrogen-bond donors (Lipinski definition) is 0. The Hall–Kier alpha value is -1.71. The first-order chi connectivity index (χ1) is 9.56. The van der Waals surface area contributed by atoms with E-state index >= 15 is 0 Å². The molecule has 1 aliphatic heterocycles. The lowest BCUT2D eigenvalue weighted by Gasteiger charge is -2.31. The van der Waals surface area contributed by atoms with Crippen molar-refractivity contribution in [2.24, 2.45) is 5.92 Å². The average Bonchev–Trinajstić information content (AvgIpc) is 2.46. The van der Waals surface area contributed by atoms with Crippen molar-refractivity contribution in [1.29, 1.82) is 0 Å². The van der Waals surface area contributed by atoms with Crippen molar-refractivity contribution in [1.82, 2.24) is 4.90 Å². The molecule has 0 radical (unpaired) electrons. The van der Waals surface area contributed by atoms with Gasteiger partial charge < -0.3 is 14.4 Å². The number of carbonyl (C=O) groups is 1. The highest BCUT2D eigenvalue weighted by Gasteiger charge is 2.24. The summed E-state index contributed by atoms with van der Waals surface area (Å²) in [6, 6.07) is 3.65. The topological polar surface area (TPSA) is 38.8 Å². The number of ether oxygens (including phenoxy) is 2. The standard InChI is InChI=1S/C16H23NO3/c1-11-6-5-7-17(10-11)16(18)13-9-15(20-4)14(19-3)8-12(13)2/h8-9,11H,5-7,10H2,1-4H3. The monoisotopic (exact) mass is 277 g/mol. The van der Waals surface area contributed by atoms with E-state index in [0.717, 1.165) is 25.1 Å². The van der Waals surface area contributed by atoms with Gasteiger partial charge in [-0.15, -0.1) is 0 Å². The SMILES string of the molecule is COc1cc(C)c(C(=O)N2CCCC(C)C2)cc1OC. The highest BCUT2D eigenvalue weighted by Crippen LogP contribution is 2.31. The van der Waals surface area contributed by atoms with Crippen LogP contribution in [0.5, 0.6) is 11.5 Å². The second-order valence-electron chi connectivity index (χ2n) is 5.52. The second kappa shape index (κ2) is 6.16. The first kappa shape index (κ1) is 14.7. The van der Waals surface area contributed by atoms with Crippen molar-refractivity contribution in [2.75, 3.05) is 27.3 Å². The van der Waals surface area contributed by atoms with Gasteiger partial charge in [-0.25, -0.2) is 0 Å². The van der Waals surface area contributed by atoms with E-state index < -0.39 is 0 Å². The van der Waals surface area contributed by atoms with Crippen molar-refractivity contribution < 1.29 is 14.3 Å². The third-order valence-electron chi connectivity index (χ3n) is 3.91. The summed E-state index contributed by atoms with van der Waals surface area (Å²) in [6.45, 7) is 5.81. The number of methoxy groups -OCH3 is 2. The van der Waals surface area contributed by atoms with E-state index in [1.807, 2.05) is 17.9 Å². The molecule has 1 heterocycles. The van der Waals surface area contributed by atoms with Crippen molar-refractivity contribution in [3.8, 4) is 11.5 Å². The number of rotatable bonds is 3. The molecule has 1 fully saturated rings. The molecule has 1 aromatic rings. The lowest BCUT2D eigenvalue weighted by atomic mass is 9.98. The van der Waals surface area contributed by atoms with Gasteiger partial charge in [-0.1, -0.05) is 6.92 Å². The van der Waals surface area contributed by atoms with Gasteiger partial charge in [-0.2, -0.15) is 0 Å². The molecule has 0 aliphatic carbocycles. The summed E-state index contributed by atoms with van der Waals surface area (Å²) in [6.07, 6.45) is 2.29. The van der Waals surface area contributed by atoms with Crippen LogP contribution in [0.2, 0.25) is 0 Å². The predicted molar refractivity (Wildman–Crippen MR) is 78.6 cm³/mol. The smallest absolute Gasteiger partial charge is 0.254 e. The molecule has 0 bridgehead atoms. The summed E-state index contributed by atoms with van der Waals surface area (Å²) < 4.78 is 10.6. The fraction of sp³-hybridized carbons (Fsp3) is 0.562. The first-order valence-electron chi connectivity index (χ1n) is 7.08. The number of aryl methyl sites for hydroxylation is 1. The lowest BCUT2D eigenvalue weighted by Crippen LogP contribution is -2.39. The minimum Gasteiger partial charge on any atom is -0.493 e. The molecule has 0 spiro atoms. The molecule has 110 valence electrons. The number of benzene rings is 1. The molecule has 20 heavy (non-hydrogen) atoms. The Morgan fingerprint density at radius 3 is 2.50 bits per heavy atom. The van der Waals surface area contributed by atoms with E-state index in [2.05, 4.69) is 6.92 Å². The zero-order valence-corrected chi connectivity index (χ0v) is 12.7. The number of amides is 1. The van der Waals surface area contributed by atoms with Crippen LogP contribution < -0.4 is 9.47 Å². The van der Waals surface area contributed by atoms with Gasteiger partial charge in [0.25, 0.3) is 5.91 Å². The molecule has 1 amide bonds. The summed E-state index contributed by atoms with van der Waals surface area (Å²) in [5, 5.41) is 0. The summed E-state index contributed by atoms with van der Waals surface area (Å²) in [7, 11) is 3.19. The maximum atomic E-state index is 12.7. The van der Waals surface area contributed by atoms with Gasteiger partial charge >= 0.3 is 0 Å². The van der Waals surface area contributed by atoms with E-state index in [4.69, 9.17) is 9.47 Å². The highest BCUT2D eigenvalue weighted by molar-refractivity contribution is 5.96. The molecule has 1 saturated heterocycles. The lowest BCUT2D eigenvalue weighted by molar-refractivity contribution is 0.0682. The maximum Gasteiger partial charge on any atom is 0.254 e. The van der Waals surface area contributed by atoms with Gasteiger partial charge in [-0.05, 0) is 43.4 Å². The van der Waals surface area contributed by atoms with E-state index in [9.17, 15) is 4.79 Å². The Balaban J connectivity index is 2.29. The molecule has 0 saturated carbocycles. The third kappa shape index (κ3) is 2.89. The average molecular weight is 277 g/mol. The molecule has 1 aromatic carbocycles. The van der Waals surface area contributed by atoms with Crippen LogP contribution in [0, 0.1) is 12.8 Å². The van der Waals surface area contributed by atoms with Crippen LogP contribution in [0.3, 0.4) is 0 Å².